The van der Waals surface area contributed by atoms with Crippen LogP contribution in [0.15, 0.2) is 41.7 Å². The van der Waals surface area contributed by atoms with E-state index in [2.05, 4.69) is 25.8 Å². The molecule has 1 aliphatic rings. The standard InChI is InChI=1S/C19H21ClN2OS2/c1-19(2,3)12-8-10-22(11-9-12)16(18(24)21-13-4-5-13)17(23)14-6-7-15(20)25-14/h6-11,13,16H,4-5H2,1-3H3/t16-/m1/s1. The number of aliphatic imine (C=N–C) groups is 1. The van der Waals surface area contributed by atoms with Gasteiger partial charge in [-0.1, -0.05) is 32.4 Å². The first-order chi connectivity index (χ1) is 11.8. The number of pyridine rings is 1. The maximum Gasteiger partial charge on any atom is 0.244 e. The fourth-order valence-corrected chi connectivity index (χ4v) is 3.91. The molecule has 2 aromatic heterocycles. The van der Waals surface area contributed by atoms with E-state index in [0.29, 0.717) is 14.3 Å². The van der Waals surface area contributed by atoms with E-state index in [1.165, 1.54) is 16.9 Å². The number of carbonyl (C=O) groups is 1. The zero-order valence-electron chi connectivity index (χ0n) is 14.5. The molecule has 0 radical (unpaired) electrons. The number of aromatic nitrogens is 1. The Labute approximate surface area is 163 Å². The van der Waals surface area contributed by atoms with Crippen molar-refractivity contribution in [1.82, 2.24) is 0 Å². The summed E-state index contributed by atoms with van der Waals surface area (Å²) in [5.41, 5.74) is 1.26. The average Bonchev–Trinajstić information content (AvgIpc) is 3.24. The molecule has 0 aromatic carbocycles. The Balaban J connectivity index is 1.97. The van der Waals surface area contributed by atoms with Gasteiger partial charge >= 0.3 is 0 Å². The maximum atomic E-state index is 13.1. The second kappa shape index (κ2) is 7.14. The van der Waals surface area contributed by atoms with Gasteiger partial charge in [0.25, 0.3) is 0 Å². The highest BCUT2D eigenvalue weighted by Crippen LogP contribution is 2.28. The monoisotopic (exact) mass is 392 g/mol. The van der Waals surface area contributed by atoms with Gasteiger partial charge in [-0.2, -0.15) is 4.57 Å². The highest BCUT2D eigenvalue weighted by molar-refractivity contribution is 7.77. The Kier molecular flexibility index (Phi) is 5.28. The van der Waals surface area contributed by atoms with E-state index in [9.17, 15) is 4.79 Å². The predicted octanol–water partition coefficient (Wildman–Crippen LogP) is 4.52. The number of hydrogen-bond donors (Lipinski definition) is 0. The van der Waals surface area contributed by atoms with Gasteiger partial charge in [-0.05, 0) is 41.0 Å². The Hall–Kier alpha value is -1.30. The fourth-order valence-electron chi connectivity index (χ4n) is 2.52. The van der Waals surface area contributed by atoms with Gasteiger partial charge in [-0.15, -0.1) is 11.3 Å². The molecule has 2 heterocycles. The fraction of sp³-hybridized carbons (Fsp3) is 0.421. The molecule has 3 nitrogen and oxygen atoms in total. The zero-order chi connectivity index (χ0) is 18.2. The van der Waals surface area contributed by atoms with Crippen LogP contribution in [0.3, 0.4) is 0 Å². The van der Waals surface area contributed by atoms with Crippen LogP contribution >= 0.6 is 22.9 Å². The molecule has 0 unspecified atom stereocenters. The van der Waals surface area contributed by atoms with Gasteiger partial charge < -0.3 is 17.6 Å². The number of ketones is 1. The number of carbonyl (C=O) groups excluding carboxylic acids is 1. The topological polar surface area (TPSA) is 33.3 Å². The summed E-state index contributed by atoms with van der Waals surface area (Å²) in [6.07, 6.45) is 5.96. The van der Waals surface area contributed by atoms with Crippen molar-refractivity contribution in [3.63, 3.8) is 0 Å². The molecule has 1 saturated carbocycles. The SMILES string of the molecule is CC(C)(C)c1cc[n+]([C@H](C(=O)c2ccc(Cl)s2)C([S-])=NC2CC2)cc1. The number of rotatable bonds is 5. The van der Waals surface area contributed by atoms with Gasteiger partial charge in [0, 0.05) is 18.2 Å². The zero-order valence-corrected chi connectivity index (χ0v) is 16.9. The number of thiophene rings is 1. The van der Waals surface area contributed by atoms with Crippen LogP contribution in [0.25, 0.3) is 0 Å². The lowest BCUT2D eigenvalue weighted by atomic mass is 9.88. The van der Waals surface area contributed by atoms with Crippen molar-refractivity contribution in [1.29, 1.82) is 0 Å². The van der Waals surface area contributed by atoms with Crippen molar-refractivity contribution in [2.24, 2.45) is 4.99 Å². The van der Waals surface area contributed by atoms with Crippen LogP contribution in [-0.2, 0) is 18.0 Å². The van der Waals surface area contributed by atoms with Crippen LogP contribution in [0, 0.1) is 0 Å². The van der Waals surface area contributed by atoms with Crippen molar-refractivity contribution < 1.29 is 9.36 Å². The van der Waals surface area contributed by atoms with Gasteiger partial charge in [-0.3, -0.25) is 4.79 Å². The Morgan fingerprint density at radius 1 is 1.28 bits per heavy atom. The molecule has 1 atom stereocenters. The summed E-state index contributed by atoms with van der Waals surface area (Å²) < 4.78 is 2.46. The lowest BCUT2D eigenvalue weighted by Crippen LogP contribution is -2.47. The Morgan fingerprint density at radius 2 is 1.92 bits per heavy atom. The molecule has 0 bridgehead atoms. The largest absolute Gasteiger partial charge is 0.758 e. The summed E-state index contributed by atoms with van der Waals surface area (Å²) in [4.78, 5) is 18.2. The third kappa shape index (κ3) is 4.46. The van der Waals surface area contributed by atoms with Crippen molar-refractivity contribution in [3.8, 4) is 0 Å². The molecule has 6 heteroatoms. The smallest absolute Gasteiger partial charge is 0.244 e. The van der Waals surface area contributed by atoms with Crippen molar-refractivity contribution in [3.05, 3.63) is 51.4 Å². The van der Waals surface area contributed by atoms with Gasteiger partial charge in [0.15, 0.2) is 12.4 Å². The molecular weight excluding hydrogens is 372 g/mol. The summed E-state index contributed by atoms with van der Waals surface area (Å²) in [5.74, 6) is -0.0557. The number of halogens is 1. The van der Waals surface area contributed by atoms with Crippen LogP contribution < -0.4 is 4.57 Å². The normalized spacial score (nSPS) is 16.7. The lowest BCUT2D eigenvalue weighted by molar-refractivity contribution is -0.692. The summed E-state index contributed by atoms with van der Waals surface area (Å²) in [6, 6.07) is 7.27. The molecule has 0 aliphatic heterocycles. The van der Waals surface area contributed by atoms with E-state index >= 15 is 0 Å². The highest BCUT2D eigenvalue weighted by atomic mass is 35.5. The molecule has 1 aliphatic carbocycles. The molecule has 0 amide bonds. The second-order valence-corrected chi connectivity index (χ2v) is 9.49. The maximum absolute atomic E-state index is 13.1. The van der Waals surface area contributed by atoms with Crippen molar-refractivity contribution in [2.45, 2.75) is 51.1 Å². The molecule has 2 aromatic rings. The van der Waals surface area contributed by atoms with Crippen LogP contribution in [0.4, 0.5) is 0 Å². The minimum atomic E-state index is -0.598. The van der Waals surface area contributed by atoms with Crippen LogP contribution in [0.2, 0.25) is 4.34 Å². The lowest BCUT2D eigenvalue weighted by Gasteiger charge is -2.20. The molecule has 0 saturated heterocycles. The third-order valence-corrected chi connectivity index (χ3v) is 5.75. The highest BCUT2D eigenvalue weighted by Gasteiger charge is 2.31. The van der Waals surface area contributed by atoms with Gasteiger partial charge in [0.1, 0.15) is 0 Å². The summed E-state index contributed by atoms with van der Waals surface area (Å²) in [5, 5.41) is 0.450. The predicted molar refractivity (Wildman–Crippen MR) is 106 cm³/mol. The summed E-state index contributed by atoms with van der Waals surface area (Å²) in [6.45, 7) is 6.49. The van der Waals surface area contributed by atoms with E-state index in [1.54, 1.807) is 12.1 Å². The molecule has 3 rings (SSSR count). The van der Waals surface area contributed by atoms with E-state index in [-0.39, 0.29) is 17.2 Å². The molecule has 25 heavy (non-hydrogen) atoms. The van der Waals surface area contributed by atoms with Crippen molar-refractivity contribution >= 4 is 46.4 Å². The van der Waals surface area contributed by atoms with E-state index < -0.39 is 6.04 Å². The number of hydrogen-bond acceptors (Lipinski definition) is 4. The Morgan fingerprint density at radius 3 is 2.40 bits per heavy atom. The molecule has 1 fully saturated rings. The molecule has 0 spiro atoms. The Bertz CT molecular complexity index is 802. The molecular formula is C19H21ClN2OS2. The first kappa shape index (κ1) is 18.5. The van der Waals surface area contributed by atoms with E-state index in [0.717, 1.165) is 12.8 Å². The quantitative estimate of drug-likeness (QED) is 0.246. The van der Waals surface area contributed by atoms with E-state index in [4.69, 9.17) is 24.2 Å². The summed E-state index contributed by atoms with van der Waals surface area (Å²) >= 11 is 12.8. The van der Waals surface area contributed by atoms with Crippen LogP contribution in [-0.4, -0.2) is 16.9 Å². The minimum absolute atomic E-state index is 0.0543. The van der Waals surface area contributed by atoms with Gasteiger partial charge in [0.2, 0.25) is 11.8 Å². The van der Waals surface area contributed by atoms with Crippen LogP contribution in [0.5, 0.6) is 0 Å². The van der Waals surface area contributed by atoms with Crippen molar-refractivity contribution in [2.75, 3.05) is 0 Å². The number of Topliss-reactive ketones (excluding diaryl/α,β-unsaturated/α-hetero) is 1. The molecule has 0 N–H and O–H groups in total. The third-order valence-electron chi connectivity index (χ3n) is 4.17. The summed E-state index contributed by atoms with van der Waals surface area (Å²) in [7, 11) is 0. The van der Waals surface area contributed by atoms with Gasteiger partial charge in [0.05, 0.1) is 9.21 Å². The second-order valence-electron chi connectivity index (χ2n) is 7.35. The molecule has 132 valence electrons. The first-order valence-electron chi connectivity index (χ1n) is 8.31. The van der Waals surface area contributed by atoms with Crippen LogP contribution in [0.1, 0.15) is 54.9 Å². The first-order valence-corrected chi connectivity index (χ1v) is 9.91. The van der Waals surface area contributed by atoms with Gasteiger partial charge in [-0.25, -0.2) is 0 Å². The minimum Gasteiger partial charge on any atom is -0.758 e. The van der Waals surface area contributed by atoms with E-state index in [1.807, 2.05) is 29.1 Å². The number of nitrogens with zero attached hydrogens (tertiary/aromatic N) is 2. The average molecular weight is 393 g/mol.